The Hall–Kier alpha value is -0.0100. The van der Waals surface area contributed by atoms with Crippen LogP contribution in [0.3, 0.4) is 0 Å². The molecule has 1 fully saturated rings. The first kappa shape index (κ1) is 13.4. The molecule has 0 bridgehead atoms. The summed E-state index contributed by atoms with van der Waals surface area (Å²) in [5, 5.41) is 0. The second-order valence-electron chi connectivity index (χ2n) is 4.36. The number of aliphatic imine (C=N–C) groups is 1. The van der Waals surface area contributed by atoms with E-state index in [1.807, 2.05) is 0 Å². The highest BCUT2D eigenvalue weighted by Crippen LogP contribution is 2.12. The van der Waals surface area contributed by atoms with Crippen molar-refractivity contribution >= 4 is 30.5 Å². The Morgan fingerprint density at radius 3 is 2.82 bits per heavy atom. The average molecular weight is 351 g/mol. The Bertz CT molecular complexity index is 298. The number of hydrogen-bond donors (Lipinski definition) is 1. The van der Waals surface area contributed by atoms with E-state index >= 15 is 0 Å². The van der Waals surface area contributed by atoms with Crippen LogP contribution in [0.1, 0.15) is 32.6 Å². The zero-order chi connectivity index (χ0) is 11.9. The summed E-state index contributed by atoms with van der Waals surface area (Å²) in [5.41, 5.74) is 0. The van der Waals surface area contributed by atoms with Gasteiger partial charge in [-0.25, -0.2) is 0 Å². The number of hydrogen-bond acceptors (Lipinski definition) is 3. The number of ether oxygens (including phenoxy) is 1. The lowest BCUT2D eigenvalue weighted by Crippen LogP contribution is -2.27. The van der Waals surface area contributed by atoms with Gasteiger partial charge in [-0.2, -0.15) is 0 Å². The Morgan fingerprint density at radius 1 is 1.35 bits per heavy atom. The van der Waals surface area contributed by atoms with E-state index in [9.17, 15) is 0 Å². The first-order valence-electron chi connectivity index (χ1n) is 6.52. The number of nitrogens with one attached hydrogen (secondary N) is 1. The van der Waals surface area contributed by atoms with E-state index in [0.717, 1.165) is 32.5 Å². The normalized spacial score (nSPS) is 24.3. The SMILES string of the molecule is CCN=C1CCC(OCCN2CCCC2)=IN1. The summed E-state index contributed by atoms with van der Waals surface area (Å²) < 4.78 is 10.6. The van der Waals surface area contributed by atoms with E-state index < -0.39 is 0 Å². The lowest BCUT2D eigenvalue weighted by atomic mass is 10.3. The maximum absolute atomic E-state index is 5.88. The van der Waals surface area contributed by atoms with Crippen molar-refractivity contribution < 1.29 is 4.74 Å². The molecule has 0 radical (unpaired) electrons. The van der Waals surface area contributed by atoms with Gasteiger partial charge in [-0.15, -0.1) is 0 Å². The van der Waals surface area contributed by atoms with Gasteiger partial charge in [-0.1, -0.05) is 0 Å². The zero-order valence-electron chi connectivity index (χ0n) is 10.5. The van der Waals surface area contributed by atoms with Crippen molar-refractivity contribution in [1.29, 1.82) is 0 Å². The predicted molar refractivity (Wildman–Crippen MR) is 81.0 cm³/mol. The Labute approximate surface area is 114 Å². The second-order valence-corrected chi connectivity index (χ2v) is 6.64. The van der Waals surface area contributed by atoms with Crippen LogP contribution in [0.2, 0.25) is 0 Å². The van der Waals surface area contributed by atoms with Gasteiger partial charge in [0.05, 0.1) is 6.61 Å². The fourth-order valence-corrected chi connectivity index (χ4v) is 4.08. The first-order valence-corrected chi connectivity index (χ1v) is 8.68. The molecule has 2 heterocycles. The monoisotopic (exact) mass is 351 g/mol. The molecule has 17 heavy (non-hydrogen) atoms. The van der Waals surface area contributed by atoms with Crippen molar-refractivity contribution in [2.45, 2.75) is 32.6 Å². The fraction of sp³-hybridized carbons (Fsp3) is 0.833. The van der Waals surface area contributed by atoms with Gasteiger partial charge in [0.2, 0.25) is 0 Å². The lowest BCUT2D eigenvalue weighted by molar-refractivity contribution is 0.230. The van der Waals surface area contributed by atoms with Crippen molar-refractivity contribution in [2.24, 2.45) is 4.99 Å². The molecule has 2 rings (SSSR count). The third-order valence-corrected chi connectivity index (χ3v) is 5.38. The van der Waals surface area contributed by atoms with Crippen molar-refractivity contribution in [3.63, 3.8) is 0 Å². The molecule has 1 saturated heterocycles. The fourth-order valence-electron chi connectivity index (χ4n) is 2.11. The number of halogens is 1. The summed E-state index contributed by atoms with van der Waals surface area (Å²) in [7, 11) is 0. The molecule has 0 spiro atoms. The Balaban J connectivity index is 1.64. The third-order valence-electron chi connectivity index (χ3n) is 3.03. The van der Waals surface area contributed by atoms with Gasteiger partial charge in [0.15, 0.2) is 0 Å². The quantitative estimate of drug-likeness (QED) is 0.607. The Kier molecular flexibility index (Phi) is 5.87. The van der Waals surface area contributed by atoms with Gasteiger partial charge in [-0.3, -0.25) is 4.99 Å². The van der Waals surface area contributed by atoms with Crippen molar-refractivity contribution in [3.8, 4) is 0 Å². The molecule has 0 aromatic carbocycles. The summed E-state index contributed by atoms with van der Waals surface area (Å²) in [6.07, 6.45) is 4.84. The standard InChI is InChI=1S/C12H22IN3O/c1-2-14-12-6-5-11(13-15-12)17-10-9-16-7-3-4-8-16/h2-10H2,1H3,(H,14,15). The molecule has 4 nitrogen and oxygen atoms in total. The highest BCUT2D eigenvalue weighted by molar-refractivity contribution is 14.2. The molecule has 0 atom stereocenters. The van der Waals surface area contributed by atoms with Gasteiger partial charge in [-0.05, 0) is 32.9 Å². The molecule has 98 valence electrons. The van der Waals surface area contributed by atoms with E-state index in [1.165, 1.54) is 35.5 Å². The molecule has 1 N–H and O–H groups in total. The molecule has 0 aliphatic carbocycles. The van der Waals surface area contributed by atoms with Gasteiger partial charge in [0.1, 0.15) is 9.53 Å². The molecule has 5 heteroatoms. The maximum Gasteiger partial charge on any atom is 0.105 e. The minimum absolute atomic E-state index is 0.134. The van der Waals surface area contributed by atoms with Crippen molar-refractivity contribution in [2.75, 3.05) is 32.8 Å². The third kappa shape index (κ3) is 4.63. The van der Waals surface area contributed by atoms with E-state index in [-0.39, 0.29) is 21.0 Å². The molecule has 0 aromatic rings. The minimum atomic E-state index is -0.134. The molecule has 0 unspecified atom stereocenters. The molecular formula is C12H22IN3O. The van der Waals surface area contributed by atoms with E-state index in [1.54, 1.807) is 0 Å². The summed E-state index contributed by atoms with van der Waals surface area (Å²) >= 11 is -0.134. The number of likely N-dealkylation sites (tertiary alicyclic amines) is 1. The van der Waals surface area contributed by atoms with E-state index in [0.29, 0.717) is 0 Å². The molecule has 2 aliphatic heterocycles. The molecule has 0 aromatic heterocycles. The van der Waals surface area contributed by atoms with Crippen LogP contribution >= 0.6 is 21.0 Å². The van der Waals surface area contributed by atoms with Crippen molar-refractivity contribution in [3.05, 3.63) is 0 Å². The van der Waals surface area contributed by atoms with Crippen LogP contribution in [0.5, 0.6) is 0 Å². The Morgan fingerprint density at radius 2 is 2.18 bits per heavy atom. The van der Waals surface area contributed by atoms with E-state index in [2.05, 4.69) is 20.3 Å². The zero-order valence-corrected chi connectivity index (χ0v) is 12.7. The van der Waals surface area contributed by atoms with Crippen molar-refractivity contribution in [1.82, 2.24) is 8.43 Å². The average Bonchev–Trinajstić information content (AvgIpc) is 2.85. The summed E-state index contributed by atoms with van der Waals surface area (Å²) in [6.45, 7) is 7.47. The topological polar surface area (TPSA) is 36.9 Å². The molecule has 0 amide bonds. The maximum atomic E-state index is 5.88. The van der Waals surface area contributed by atoms with Gasteiger partial charge in [0.25, 0.3) is 0 Å². The van der Waals surface area contributed by atoms with E-state index in [4.69, 9.17) is 4.74 Å². The number of rotatable bonds is 5. The van der Waals surface area contributed by atoms with Gasteiger partial charge < -0.3 is 13.2 Å². The summed E-state index contributed by atoms with van der Waals surface area (Å²) in [6, 6.07) is 0. The van der Waals surface area contributed by atoms with Gasteiger partial charge >= 0.3 is 0 Å². The lowest BCUT2D eigenvalue weighted by Gasteiger charge is -2.18. The highest BCUT2D eigenvalue weighted by Gasteiger charge is 2.13. The van der Waals surface area contributed by atoms with Gasteiger partial charge in [0, 0.05) is 46.9 Å². The van der Waals surface area contributed by atoms with Crippen LogP contribution in [0.25, 0.3) is 0 Å². The highest BCUT2D eigenvalue weighted by atomic mass is 127. The largest absolute Gasteiger partial charge is 0.342 e. The molecule has 2 aliphatic rings. The minimum Gasteiger partial charge on any atom is -0.342 e. The molecule has 0 saturated carbocycles. The second kappa shape index (κ2) is 7.43. The van der Waals surface area contributed by atoms with Crippen LogP contribution in [-0.4, -0.2) is 47.2 Å². The van der Waals surface area contributed by atoms with Crippen LogP contribution in [0.15, 0.2) is 4.99 Å². The summed E-state index contributed by atoms with van der Waals surface area (Å²) in [5.74, 6) is 1.19. The summed E-state index contributed by atoms with van der Waals surface area (Å²) in [4.78, 5) is 6.92. The van der Waals surface area contributed by atoms with Crippen LogP contribution in [0.4, 0.5) is 0 Å². The smallest absolute Gasteiger partial charge is 0.105 e. The number of nitrogens with zero attached hydrogens (tertiary/aromatic N) is 2. The first-order chi connectivity index (χ1) is 8.38. The van der Waals surface area contributed by atoms with Crippen LogP contribution < -0.4 is 3.53 Å². The van der Waals surface area contributed by atoms with Crippen LogP contribution in [-0.2, 0) is 4.74 Å². The number of amidine groups is 1. The predicted octanol–water partition coefficient (Wildman–Crippen LogP) is 1.92. The molecular weight excluding hydrogens is 329 g/mol. The van der Waals surface area contributed by atoms with Crippen LogP contribution in [0, 0.1) is 0 Å².